The van der Waals surface area contributed by atoms with E-state index in [2.05, 4.69) is 34.6 Å². The predicted molar refractivity (Wildman–Crippen MR) is 153 cm³/mol. The van der Waals surface area contributed by atoms with Gasteiger partial charge in [-0.15, -0.1) is 0 Å². The minimum absolute atomic E-state index is 0.226. The molecular formula is C32H50O6. The van der Waals surface area contributed by atoms with E-state index in [9.17, 15) is 10.2 Å². The number of rotatable bonds is 19. The number of hydrogen-bond acceptors (Lipinski definition) is 6. The van der Waals surface area contributed by atoms with Crippen LogP contribution < -0.4 is 0 Å². The number of methoxy groups -OCH3 is 1. The maximum Gasteiger partial charge on any atom is 0.126 e. The molecule has 2 rings (SSSR count). The molecule has 0 unspecified atom stereocenters. The molecule has 0 bridgehead atoms. The number of hydrogen-bond donors (Lipinski definition) is 2. The molecule has 0 saturated carbocycles. The summed E-state index contributed by atoms with van der Waals surface area (Å²) in [5.41, 5.74) is 4.67. The molecule has 0 aliphatic rings. The standard InChI is InChI=1S/C32H50O6/c1-7-10-13-36-21-25-17-28(16-24(20-35-6)30(25)33)32(4,5)29-18-26(22-37-14-11-8-2)31(34)27(19-29)23-38-15-12-9-3/h16-19,33-34H,7-15,20-23H2,1-6H3. The molecular weight excluding hydrogens is 480 g/mol. The molecule has 0 saturated heterocycles. The Morgan fingerprint density at radius 3 is 1.18 bits per heavy atom. The summed E-state index contributed by atoms with van der Waals surface area (Å²) in [6.45, 7) is 14.0. The summed E-state index contributed by atoms with van der Waals surface area (Å²) in [5.74, 6) is 0.469. The average Bonchev–Trinajstić information content (AvgIpc) is 2.90. The Bertz CT molecular complexity index is 936. The summed E-state index contributed by atoms with van der Waals surface area (Å²) in [6, 6.07) is 8.12. The predicted octanol–water partition coefficient (Wildman–Crippen LogP) is 7.52. The van der Waals surface area contributed by atoms with Gasteiger partial charge in [-0.25, -0.2) is 0 Å². The number of unbranched alkanes of at least 4 members (excludes halogenated alkanes) is 3. The molecule has 0 spiro atoms. The van der Waals surface area contributed by atoms with Gasteiger partial charge in [0.1, 0.15) is 11.5 Å². The Morgan fingerprint density at radius 2 is 0.895 bits per heavy atom. The van der Waals surface area contributed by atoms with Crippen molar-refractivity contribution in [1.82, 2.24) is 0 Å². The van der Waals surface area contributed by atoms with Gasteiger partial charge < -0.3 is 29.2 Å². The molecule has 214 valence electrons. The Kier molecular flexibility index (Phi) is 14.2. The zero-order valence-electron chi connectivity index (χ0n) is 24.5. The molecule has 0 aliphatic heterocycles. The summed E-state index contributed by atoms with van der Waals surface area (Å²) in [7, 11) is 1.63. The highest BCUT2D eigenvalue weighted by atomic mass is 16.5. The lowest BCUT2D eigenvalue weighted by Gasteiger charge is -2.29. The van der Waals surface area contributed by atoms with Gasteiger partial charge in [-0.05, 0) is 54.7 Å². The third-order valence-corrected chi connectivity index (χ3v) is 6.98. The molecule has 0 fully saturated rings. The maximum atomic E-state index is 11.1. The molecule has 0 radical (unpaired) electrons. The van der Waals surface area contributed by atoms with Crippen molar-refractivity contribution in [2.45, 2.75) is 105 Å². The van der Waals surface area contributed by atoms with E-state index in [-0.39, 0.29) is 11.5 Å². The van der Waals surface area contributed by atoms with Gasteiger partial charge >= 0.3 is 0 Å². The fraction of sp³-hybridized carbons (Fsp3) is 0.625. The zero-order chi connectivity index (χ0) is 28.0. The van der Waals surface area contributed by atoms with Gasteiger partial charge in [0, 0.05) is 54.6 Å². The van der Waals surface area contributed by atoms with E-state index in [0.717, 1.165) is 71.9 Å². The number of phenols is 2. The quantitative estimate of drug-likeness (QED) is 0.183. The van der Waals surface area contributed by atoms with Gasteiger partial charge in [0.2, 0.25) is 0 Å². The van der Waals surface area contributed by atoms with E-state index in [4.69, 9.17) is 18.9 Å². The van der Waals surface area contributed by atoms with E-state index in [1.807, 2.05) is 24.3 Å². The third-order valence-electron chi connectivity index (χ3n) is 6.98. The SMILES string of the molecule is CCCCOCc1cc(C(C)(C)c2cc(COCCCC)c(O)c(COCCCC)c2)cc(COC)c1O. The number of ether oxygens (including phenoxy) is 4. The first-order valence-electron chi connectivity index (χ1n) is 14.2. The van der Waals surface area contributed by atoms with Crippen molar-refractivity contribution in [3.63, 3.8) is 0 Å². The fourth-order valence-electron chi connectivity index (χ4n) is 4.29. The highest BCUT2D eigenvalue weighted by molar-refractivity contribution is 5.52. The van der Waals surface area contributed by atoms with Crippen molar-refractivity contribution in [2.24, 2.45) is 0 Å². The van der Waals surface area contributed by atoms with Crippen molar-refractivity contribution in [3.8, 4) is 11.5 Å². The Morgan fingerprint density at radius 1 is 0.579 bits per heavy atom. The first-order valence-corrected chi connectivity index (χ1v) is 14.2. The summed E-state index contributed by atoms with van der Waals surface area (Å²) in [5, 5.41) is 22.0. The van der Waals surface area contributed by atoms with Crippen LogP contribution in [0.25, 0.3) is 0 Å². The molecule has 2 N–H and O–H groups in total. The second-order valence-corrected chi connectivity index (χ2v) is 10.6. The molecule has 0 heterocycles. The number of aromatic hydroxyl groups is 2. The number of phenolic OH excluding ortho intramolecular Hbond substituents is 2. The molecule has 6 nitrogen and oxygen atoms in total. The van der Waals surface area contributed by atoms with E-state index in [1.54, 1.807) is 7.11 Å². The molecule has 6 heteroatoms. The largest absolute Gasteiger partial charge is 0.507 e. The second-order valence-electron chi connectivity index (χ2n) is 10.6. The van der Waals surface area contributed by atoms with Gasteiger partial charge in [-0.1, -0.05) is 53.9 Å². The molecule has 2 aromatic rings. The van der Waals surface area contributed by atoms with Crippen LogP contribution in [0.5, 0.6) is 11.5 Å². The van der Waals surface area contributed by atoms with Gasteiger partial charge in [0.25, 0.3) is 0 Å². The van der Waals surface area contributed by atoms with Crippen LogP contribution in [0.3, 0.4) is 0 Å². The van der Waals surface area contributed by atoms with Gasteiger partial charge in [-0.3, -0.25) is 0 Å². The lowest BCUT2D eigenvalue weighted by atomic mass is 9.76. The first kappa shape index (κ1) is 32.1. The van der Waals surface area contributed by atoms with Crippen molar-refractivity contribution >= 4 is 0 Å². The molecule has 0 aliphatic carbocycles. The molecule has 0 atom stereocenters. The summed E-state index contributed by atoms with van der Waals surface area (Å²) in [4.78, 5) is 0. The highest BCUT2D eigenvalue weighted by Gasteiger charge is 2.28. The summed E-state index contributed by atoms with van der Waals surface area (Å²) >= 11 is 0. The van der Waals surface area contributed by atoms with E-state index in [0.29, 0.717) is 46.2 Å². The monoisotopic (exact) mass is 530 g/mol. The lowest BCUT2D eigenvalue weighted by Crippen LogP contribution is -2.21. The van der Waals surface area contributed by atoms with Gasteiger partial charge in [-0.2, -0.15) is 0 Å². The van der Waals surface area contributed by atoms with Crippen LogP contribution in [0, 0.1) is 0 Å². The minimum Gasteiger partial charge on any atom is -0.507 e. The third kappa shape index (κ3) is 9.26. The van der Waals surface area contributed by atoms with Crippen LogP contribution in [-0.2, 0) is 50.8 Å². The van der Waals surface area contributed by atoms with Crippen LogP contribution in [0.4, 0.5) is 0 Å². The zero-order valence-corrected chi connectivity index (χ0v) is 24.5. The summed E-state index contributed by atoms with van der Waals surface area (Å²) in [6.07, 6.45) is 6.13. The molecule has 0 aromatic heterocycles. The van der Waals surface area contributed by atoms with Crippen LogP contribution in [0.1, 0.15) is 107 Å². The topological polar surface area (TPSA) is 77.4 Å². The molecule has 38 heavy (non-hydrogen) atoms. The Labute approximate surface area is 230 Å². The molecule has 2 aromatic carbocycles. The molecule has 0 amide bonds. The first-order chi connectivity index (χ1) is 18.3. The van der Waals surface area contributed by atoms with Crippen LogP contribution in [-0.4, -0.2) is 37.1 Å². The van der Waals surface area contributed by atoms with Crippen molar-refractivity contribution in [3.05, 3.63) is 57.6 Å². The van der Waals surface area contributed by atoms with Crippen LogP contribution in [0.15, 0.2) is 24.3 Å². The van der Waals surface area contributed by atoms with Gasteiger partial charge in [0.05, 0.1) is 26.4 Å². The van der Waals surface area contributed by atoms with Crippen LogP contribution >= 0.6 is 0 Å². The average molecular weight is 531 g/mol. The van der Waals surface area contributed by atoms with Crippen LogP contribution in [0.2, 0.25) is 0 Å². The smallest absolute Gasteiger partial charge is 0.126 e. The van der Waals surface area contributed by atoms with Gasteiger partial charge in [0.15, 0.2) is 0 Å². The highest BCUT2D eigenvalue weighted by Crippen LogP contribution is 2.39. The second kappa shape index (κ2) is 16.8. The van der Waals surface area contributed by atoms with E-state index < -0.39 is 5.41 Å². The summed E-state index contributed by atoms with van der Waals surface area (Å²) < 4.78 is 23.0. The van der Waals surface area contributed by atoms with Crippen molar-refractivity contribution in [2.75, 3.05) is 26.9 Å². The van der Waals surface area contributed by atoms with E-state index >= 15 is 0 Å². The minimum atomic E-state index is -0.432. The van der Waals surface area contributed by atoms with Crippen molar-refractivity contribution < 1.29 is 29.2 Å². The fourth-order valence-corrected chi connectivity index (χ4v) is 4.29. The number of benzene rings is 2. The normalized spacial score (nSPS) is 11.8. The maximum absolute atomic E-state index is 11.1. The van der Waals surface area contributed by atoms with E-state index in [1.165, 1.54) is 0 Å². The lowest BCUT2D eigenvalue weighted by molar-refractivity contribution is 0.110. The Balaban J connectivity index is 2.48. The van der Waals surface area contributed by atoms with Crippen molar-refractivity contribution in [1.29, 1.82) is 0 Å². The Hall–Kier alpha value is -2.12.